The van der Waals surface area contributed by atoms with Gasteiger partial charge in [-0.05, 0) is 24.6 Å². The molecule has 106 valence electrons. The fourth-order valence-corrected chi connectivity index (χ4v) is 3.15. The number of sulfonamides is 1. The van der Waals surface area contributed by atoms with Gasteiger partial charge in [0, 0.05) is 18.5 Å². The minimum absolute atomic E-state index is 0.0374. The van der Waals surface area contributed by atoms with Crippen molar-refractivity contribution >= 4 is 27.4 Å². The predicted octanol–water partition coefficient (Wildman–Crippen LogP) is 3.01. The van der Waals surface area contributed by atoms with Crippen LogP contribution in [-0.2, 0) is 10.0 Å². The second-order valence-electron chi connectivity index (χ2n) is 4.17. The summed E-state index contributed by atoms with van der Waals surface area (Å²) in [4.78, 5) is 11.6. The van der Waals surface area contributed by atoms with Crippen molar-refractivity contribution in [2.45, 2.75) is 38.0 Å². The van der Waals surface area contributed by atoms with E-state index in [0.717, 1.165) is 12.8 Å². The van der Waals surface area contributed by atoms with Crippen molar-refractivity contribution in [3.8, 4) is 0 Å². The number of halogens is 1. The first-order valence-electron chi connectivity index (χ1n) is 6.24. The first-order valence-corrected chi connectivity index (χ1v) is 8.11. The van der Waals surface area contributed by atoms with E-state index in [1.807, 2.05) is 6.92 Å². The van der Waals surface area contributed by atoms with E-state index in [0.29, 0.717) is 18.5 Å². The van der Waals surface area contributed by atoms with Gasteiger partial charge in [0.05, 0.1) is 5.02 Å². The Morgan fingerprint density at radius 1 is 1.32 bits per heavy atom. The van der Waals surface area contributed by atoms with E-state index in [2.05, 4.69) is 4.72 Å². The quantitative estimate of drug-likeness (QED) is 0.622. The van der Waals surface area contributed by atoms with E-state index in [1.165, 1.54) is 12.1 Å². The number of hydrogen-bond acceptors (Lipinski definition) is 3. The van der Waals surface area contributed by atoms with E-state index in [4.69, 9.17) is 11.6 Å². The molecule has 0 radical (unpaired) electrons. The average molecular weight is 304 g/mol. The molecule has 0 saturated carbocycles. The van der Waals surface area contributed by atoms with Crippen molar-refractivity contribution in [1.82, 2.24) is 4.72 Å². The van der Waals surface area contributed by atoms with Crippen molar-refractivity contribution in [2.24, 2.45) is 0 Å². The van der Waals surface area contributed by atoms with E-state index < -0.39 is 10.0 Å². The molecule has 0 spiro atoms. The van der Waals surface area contributed by atoms with Gasteiger partial charge >= 0.3 is 0 Å². The van der Waals surface area contributed by atoms with Crippen molar-refractivity contribution in [2.75, 3.05) is 6.54 Å². The zero-order chi connectivity index (χ0) is 14.5. The fraction of sp³-hybridized carbons (Fsp3) is 0.462. The first kappa shape index (κ1) is 16.1. The number of carbonyl (C=O) groups is 1. The van der Waals surface area contributed by atoms with Gasteiger partial charge in [-0.3, -0.25) is 4.79 Å². The Labute approximate surface area is 119 Å². The van der Waals surface area contributed by atoms with Gasteiger partial charge in [0.1, 0.15) is 4.90 Å². The lowest BCUT2D eigenvalue weighted by molar-refractivity contribution is 0.0988. The molecule has 6 heteroatoms. The maximum Gasteiger partial charge on any atom is 0.242 e. The third-order valence-corrected chi connectivity index (χ3v) is 4.63. The van der Waals surface area contributed by atoms with Crippen LogP contribution in [-0.4, -0.2) is 20.7 Å². The monoisotopic (exact) mass is 303 g/mol. The second-order valence-corrected chi connectivity index (χ2v) is 6.32. The van der Waals surface area contributed by atoms with Crippen LogP contribution in [0.4, 0.5) is 0 Å². The van der Waals surface area contributed by atoms with Gasteiger partial charge in [0.25, 0.3) is 0 Å². The number of Topliss-reactive ketones (excluding diaryl/α,β-unsaturated/α-hetero) is 1. The van der Waals surface area contributed by atoms with Crippen LogP contribution in [0.25, 0.3) is 0 Å². The zero-order valence-corrected chi connectivity index (χ0v) is 12.6. The number of rotatable bonds is 7. The molecular weight excluding hydrogens is 286 g/mol. The molecule has 0 aliphatic carbocycles. The van der Waals surface area contributed by atoms with Crippen LogP contribution in [0, 0.1) is 0 Å². The van der Waals surface area contributed by atoms with Crippen LogP contribution in [0.5, 0.6) is 0 Å². The van der Waals surface area contributed by atoms with Gasteiger partial charge in [0.15, 0.2) is 5.78 Å². The summed E-state index contributed by atoms with van der Waals surface area (Å²) in [6, 6.07) is 4.32. The van der Waals surface area contributed by atoms with Crippen LogP contribution in [0.2, 0.25) is 5.02 Å². The third kappa shape index (κ3) is 4.30. The minimum atomic E-state index is -3.66. The summed E-state index contributed by atoms with van der Waals surface area (Å²) in [5, 5.41) is 0.122. The Morgan fingerprint density at radius 2 is 2.00 bits per heavy atom. The summed E-state index contributed by atoms with van der Waals surface area (Å²) >= 11 is 5.91. The topological polar surface area (TPSA) is 63.2 Å². The third-order valence-electron chi connectivity index (χ3n) is 2.69. The lowest BCUT2D eigenvalue weighted by Gasteiger charge is -2.09. The van der Waals surface area contributed by atoms with Crippen molar-refractivity contribution < 1.29 is 13.2 Å². The molecule has 0 fully saturated rings. The fourth-order valence-electron chi connectivity index (χ4n) is 1.55. The van der Waals surface area contributed by atoms with Crippen molar-refractivity contribution in [3.05, 3.63) is 28.8 Å². The SMILES string of the molecule is CCCCNS(=O)(=O)c1cc(C(=O)CC)ccc1Cl. The summed E-state index contributed by atoms with van der Waals surface area (Å²) in [6.07, 6.45) is 1.97. The highest BCUT2D eigenvalue weighted by Gasteiger charge is 2.19. The molecule has 0 bridgehead atoms. The molecule has 1 rings (SSSR count). The number of carbonyl (C=O) groups excluding carboxylic acids is 1. The predicted molar refractivity (Wildman–Crippen MR) is 76.2 cm³/mol. The van der Waals surface area contributed by atoms with Gasteiger partial charge in [-0.15, -0.1) is 0 Å². The number of benzene rings is 1. The maximum atomic E-state index is 12.1. The molecule has 0 saturated heterocycles. The molecule has 1 aromatic carbocycles. The van der Waals surface area contributed by atoms with Gasteiger partial charge in [0.2, 0.25) is 10.0 Å². The molecule has 0 aliphatic heterocycles. The van der Waals surface area contributed by atoms with E-state index in [1.54, 1.807) is 13.0 Å². The molecule has 0 atom stereocenters. The molecule has 0 aliphatic rings. The lowest BCUT2D eigenvalue weighted by Crippen LogP contribution is -2.25. The Balaban J connectivity index is 3.07. The smallest absolute Gasteiger partial charge is 0.242 e. The number of hydrogen-bond donors (Lipinski definition) is 1. The summed E-state index contributed by atoms with van der Waals surface area (Å²) in [7, 11) is -3.66. The molecule has 1 aromatic rings. The molecular formula is C13H18ClNO3S. The molecule has 0 aromatic heterocycles. The highest BCUT2D eigenvalue weighted by molar-refractivity contribution is 7.89. The van der Waals surface area contributed by atoms with Crippen LogP contribution in [0.15, 0.2) is 23.1 Å². The Bertz CT molecular complexity index is 555. The number of nitrogens with one attached hydrogen (secondary N) is 1. The van der Waals surface area contributed by atoms with E-state index in [-0.39, 0.29) is 15.7 Å². The lowest BCUT2D eigenvalue weighted by atomic mass is 10.1. The highest BCUT2D eigenvalue weighted by atomic mass is 35.5. The molecule has 0 heterocycles. The molecule has 19 heavy (non-hydrogen) atoms. The number of ketones is 1. The van der Waals surface area contributed by atoms with Gasteiger partial charge in [-0.25, -0.2) is 13.1 Å². The van der Waals surface area contributed by atoms with Crippen LogP contribution in [0.1, 0.15) is 43.5 Å². The molecule has 0 unspecified atom stereocenters. The first-order chi connectivity index (χ1) is 8.92. The Hall–Kier alpha value is -0.910. The zero-order valence-electron chi connectivity index (χ0n) is 11.1. The average Bonchev–Trinajstić information content (AvgIpc) is 2.38. The summed E-state index contributed by atoms with van der Waals surface area (Å²) < 4.78 is 26.6. The standard InChI is InChI=1S/C13H18ClNO3S/c1-3-5-8-15-19(17,18)13-9-10(12(16)4-2)6-7-11(13)14/h6-7,9,15H,3-5,8H2,1-2H3. The van der Waals surface area contributed by atoms with Crippen molar-refractivity contribution in [1.29, 1.82) is 0 Å². The summed E-state index contributed by atoms with van der Waals surface area (Å²) in [5.74, 6) is -0.110. The molecule has 0 amide bonds. The largest absolute Gasteiger partial charge is 0.294 e. The summed E-state index contributed by atoms with van der Waals surface area (Å²) in [6.45, 7) is 4.06. The molecule has 1 N–H and O–H groups in total. The van der Waals surface area contributed by atoms with E-state index in [9.17, 15) is 13.2 Å². The summed E-state index contributed by atoms with van der Waals surface area (Å²) in [5.41, 5.74) is 0.364. The van der Waals surface area contributed by atoms with Gasteiger partial charge in [-0.1, -0.05) is 31.9 Å². The second kappa shape index (κ2) is 7.03. The van der Waals surface area contributed by atoms with Gasteiger partial charge < -0.3 is 0 Å². The minimum Gasteiger partial charge on any atom is -0.294 e. The van der Waals surface area contributed by atoms with E-state index >= 15 is 0 Å². The van der Waals surface area contributed by atoms with Gasteiger partial charge in [-0.2, -0.15) is 0 Å². The van der Waals surface area contributed by atoms with Crippen LogP contribution >= 0.6 is 11.6 Å². The highest BCUT2D eigenvalue weighted by Crippen LogP contribution is 2.23. The Kier molecular flexibility index (Phi) is 5.97. The normalized spacial score (nSPS) is 11.5. The van der Waals surface area contributed by atoms with Crippen LogP contribution in [0.3, 0.4) is 0 Å². The molecule has 4 nitrogen and oxygen atoms in total. The Morgan fingerprint density at radius 3 is 2.58 bits per heavy atom. The maximum absolute atomic E-state index is 12.1. The van der Waals surface area contributed by atoms with Crippen LogP contribution < -0.4 is 4.72 Å². The number of unbranched alkanes of at least 4 members (excludes halogenated alkanes) is 1. The van der Waals surface area contributed by atoms with Crippen molar-refractivity contribution in [3.63, 3.8) is 0 Å².